The predicted octanol–water partition coefficient (Wildman–Crippen LogP) is 2.48. The second kappa shape index (κ2) is 6.89. The minimum absolute atomic E-state index is 0.0243. The third-order valence-corrected chi connectivity index (χ3v) is 2.96. The largest absolute Gasteiger partial charge is 0.480 e. The molecule has 0 radical (unpaired) electrons. The number of nitro benzene ring substituents is 1. The van der Waals surface area contributed by atoms with Crippen LogP contribution in [0.5, 0.6) is 0 Å². The summed E-state index contributed by atoms with van der Waals surface area (Å²) in [5, 5.41) is 24.3. The van der Waals surface area contributed by atoms with Gasteiger partial charge in [-0.25, -0.2) is 9.59 Å². The average molecular weight is 316 g/mol. The first-order valence-corrected chi connectivity index (χ1v) is 6.34. The van der Waals surface area contributed by atoms with E-state index in [-0.39, 0.29) is 22.3 Å². The van der Waals surface area contributed by atoms with Crippen molar-refractivity contribution >= 4 is 35.0 Å². The van der Waals surface area contributed by atoms with E-state index in [1.807, 2.05) is 0 Å². The van der Waals surface area contributed by atoms with Crippen LogP contribution in [0.1, 0.15) is 13.8 Å². The van der Waals surface area contributed by atoms with Crippen LogP contribution in [-0.4, -0.2) is 28.1 Å². The van der Waals surface area contributed by atoms with E-state index in [1.54, 1.807) is 13.8 Å². The fourth-order valence-electron chi connectivity index (χ4n) is 1.54. The Balaban J connectivity index is 2.85. The van der Waals surface area contributed by atoms with Gasteiger partial charge >= 0.3 is 12.0 Å². The van der Waals surface area contributed by atoms with Gasteiger partial charge in [0.15, 0.2) is 0 Å². The van der Waals surface area contributed by atoms with Crippen molar-refractivity contribution in [3.8, 4) is 0 Å². The van der Waals surface area contributed by atoms with Crippen LogP contribution in [0.3, 0.4) is 0 Å². The molecule has 0 aromatic heterocycles. The highest BCUT2D eigenvalue weighted by molar-refractivity contribution is 6.33. The lowest BCUT2D eigenvalue weighted by molar-refractivity contribution is -0.384. The molecule has 114 valence electrons. The summed E-state index contributed by atoms with van der Waals surface area (Å²) in [6, 6.07) is 1.67. The Kier molecular flexibility index (Phi) is 5.48. The molecule has 1 atom stereocenters. The zero-order valence-electron chi connectivity index (χ0n) is 11.3. The summed E-state index contributed by atoms with van der Waals surface area (Å²) >= 11 is 5.83. The molecule has 0 saturated carbocycles. The molecule has 1 aromatic carbocycles. The number of nitrogens with one attached hydrogen (secondary N) is 2. The molecule has 0 aliphatic carbocycles. The molecule has 2 amide bonds. The van der Waals surface area contributed by atoms with Crippen LogP contribution in [0.15, 0.2) is 18.2 Å². The van der Waals surface area contributed by atoms with Crippen LogP contribution in [0, 0.1) is 16.0 Å². The van der Waals surface area contributed by atoms with Gasteiger partial charge in [0.25, 0.3) is 5.69 Å². The summed E-state index contributed by atoms with van der Waals surface area (Å²) in [5.41, 5.74) is -0.218. The van der Waals surface area contributed by atoms with Crippen molar-refractivity contribution in [2.45, 2.75) is 19.9 Å². The fraction of sp³-hybridized carbons (Fsp3) is 0.333. The number of aliphatic carboxylic acids is 1. The van der Waals surface area contributed by atoms with Gasteiger partial charge in [-0.15, -0.1) is 0 Å². The lowest BCUT2D eigenvalue weighted by Gasteiger charge is -2.18. The summed E-state index contributed by atoms with van der Waals surface area (Å²) in [6.45, 7) is 3.28. The minimum Gasteiger partial charge on any atom is -0.480 e. The van der Waals surface area contributed by atoms with Crippen molar-refractivity contribution in [3.63, 3.8) is 0 Å². The smallest absolute Gasteiger partial charge is 0.326 e. The zero-order chi connectivity index (χ0) is 16.2. The highest BCUT2D eigenvalue weighted by Crippen LogP contribution is 2.26. The van der Waals surface area contributed by atoms with Crippen LogP contribution in [0.25, 0.3) is 0 Å². The van der Waals surface area contributed by atoms with Crippen LogP contribution in [-0.2, 0) is 4.79 Å². The van der Waals surface area contributed by atoms with Gasteiger partial charge < -0.3 is 15.7 Å². The number of halogens is 1. The summed E-state index contributed by atoms with van der Waals surface area (Å²) in [6.07, 6.45) is 0. The van der Waals surface area contributed by atoms with E-state index in [9.17, 15) is 19.7 Å². The number of amides is 2. The number of carbonyl (C=O) groups excluding carboxylic acids is 1. The summed E-state index contributed by atoms with van der Waals surface area (Å²) in [4.78, 5) is 32.8. The molecule has 1 aromatic rings. The zero-order valence-corrected chi connectivity index (χ0v) is 12.0. The van der Waals surface area contributed by atoms with Crippen LogP contribution in [0.4, 0.5) is 16.2 Å². The quantitative estimate of drug-likeness (QED) is 0.569. The van der Waals surface area contributed by atoms with Crippen LogP contribution < -0.4 is 10.6 Å². The van der Waals surface area contributed by atoms with E-state index in [0.717, 1.165) is 6.07 Å². The molecular weight excluding hydrogens is 302 g/mol. The summed E-state index contributed by atoms with van der Waals surface area (Å²) in [5.74, 6) is -1.50. The first-order chi connectivity index (χ1) is 9.72. The topological polar surface area (TPSA) is 122 Å². The van der Waals surface area contributed by atoms with Gasteiger partial charge in [0, 0.05) is 12.1 Å². The molecule has 0 heterocycles. The van der Waals surface area contributed by atoms with Crippen LogP contribution in [0.2, 0.25) is 5.02 Å². The Bertz CT molecular complexity index is 576. The number of benzene rings is 1. The highest BCUT2D eigenvalue weighted by atomic mass is 35.5. The average Bonchev–Trinajstić information content (AvgIpc) is 2.37. The molecule has 1 rings (SSSR count). The minimum atomic E-state index is -1.18. The van der Waals surface area contributed by atoms with Gasteiger partial charge in [-0.2, -0.15) is 0 Å². The number of rotatable bonds is 5. The Hall–Kier alpha value is -2.35. The van der Waals surface area contributed by atoms with E-state index < -0.39 is 23.0 Å². The maximum atomic E-state index is 11.8. The van der Waals surface area contributed by atoms with E-state index >= 15 is 0 Å². The first-order valence-electron chi connectivity index (χ1n) is 5.96. The van der Waals surface area contributed by atoms with Gasteiger partial charge in [0.05, 0.1) is 15.6 Å². The second-order valence-electron chi connectivity index (χ2n) is 4.58. The standard InChI is InChI=1S/C12H14ClN3O5/c1-6(2)10(11(17)18)15-12(19)14-9-5-7(16(20)21)3-4-8(9)13/h3-6,10H,1-2H3,(H,17,18)(H2,14,15,19)/t10-/m0/s1. The Morgan fingerprint density at radius 2 is 2.00 bits per heavy atom. The SMILES string of the molecule is CC(C)[C@H](NC(=O)Nc1cc([N+](=O)[O-])ccc1Cl)C(=O)O. The molecule has 9 heteroatoms. The van der Waals surface area contributed by atoms with Gasteiger partial charge in [0.2, 0.25) is 0 Å². The maximum Gasteiger partial charge on any atom is 0.326 e. The number of anilines is 1. The second-order valence-corrected chi connectivity index (χ2v) is 4.99. The molecule has 0 saturated heterocycles. The van der Waals surface area contributed by atoms with Gasteiger partial charge in [0.1, 0.15) is 6.04 Å². The summed E-state index contributed by atoms with van der Waals surface area (Å²) < 4.78 is 0. The monoisotopic (exact) mass is 315 g/mol. The molecule has 0 fully saturated rings. The van der Waals surface area contributed by atoms with Gasteiger partial charge in [-0.1, -0.05) is 25.4 Å². The Labute approximate surface area is 125 Å². The molecular formula is C12H14ClN3O5. The highest BCUT2D eigenvalue weighted by Gasteiger charge is 2.23. The molecule has 0 unspecified atom stereocenters. The third-order valence-electron chi connectivity index (χ3n) is 2.63. The number of carboxylic acids is 1. The van der Waals surface area contributed by atoms with E-state index in [0.29, 0.717) is 0 Å². The number of urea groups is 1. The van der Waals surface area contributed by atoms with Gasteiger partial charge in [-0.3, -0.25) is 10.1 Å². The molecule has 8 nitrogen and oxygen atoms in total. The number of nitro groups is 1. The fourth-order valence-corrected chi connectivity index (χ4v) is 1.70. The number of carbonyl (C=O) groups is 2. The summed E-state index contributed by atoms with van der Waals surface area (Å²) in [7, 11) is 0. The number of hydrogen-bond acceptors (Lipinski definition) is 4. The lowest BCUT2D eigenvalue weighted by atomic mass is 10.1. The molecule has 0 aliphatic rings. The number of carboxylic acid groups (broad SMARTS) is 1. The maximum absolute atomic E-state index is 11.8. The molecule has 0 bridgehead atoms. The molecule has 0 spiro atoms. The molecule has 0 aliphatic heterocycles. The Morgan fingerprint density at radius 3 is 2.48 bits per heavy atom. The number of hydrogen-bond donors (Lipinski definition) is 3. The molecule has 3 N–H and O–H groups in total. The van der Waals surface area contributed by atoms with E-state index in [2.05, 4.69) is 10.6 Å². The third kappa shape index (κ3) is 4.60. The number of non-ortho nitro benzene ring substituents is 1. The van der Waals surface area contributed by atoms with Crippen LogP contribution >= 0.6 is 11.6 Å². The number of nitrogens with zero attached hydrogens (tertiary/aromatic N) is 1. The Morgan fingerprint density at radius 1 is 1.38 bits per heavy atom. The van der Waals surface area contributed by atoms with E-state index in [1.165, 1.54) is 12.1 Å². The van der Waals surface area contributed by atoms with Crippen molar-refractivity contribution in [3.05, 3.63) is 33.3 Å². The van der Waals surface area contributed by atoms with Crippen molar-refractivity contribution < 1.29 is 19.6 Å². The van der Waals surface area contributed by atoms with Crippen molar-refractivity contribution in [1.82, 2.24) is 5.32 Å². The van der Waals surface area contributed by atoms with Gasteiger partial charge in [-0.05, 0) is 12.0 Å². The van der Waals surface area contributed by atoms with Crippen molar-refractivity contribution in [1.29, 1.82) is 0 Å². The normalized spacial score (nSPS) is 11.8. The predicted molar refractivity (Wildman–Crippen MR) is 76.5 cm³/mol. The first kappa shape index (κ1) is 16.7. The van der Waals surface area contributed by atoms with E-state index in [4.69, 9.17) is 16.7 Å². The van der Waals surface area contributed by atoms with Crippen molar-refractivity contribution in [2.24, 2.45) is 5.92 Å². The van der Waals surface area contributed by atoms with Crippen molar-refractivity contribution in [2.75, 3.05) is 5.32 Å². The lowest BCUT2D eigenvalue weighted by Crippen LogP contribution is -2.46. The molecule has 21 heavy (non-hydrogen) atoms.